The van der Waals surface area contributed by atoms with E-state index in [-0.39, 0.29) is 6.09 Å². The summed E-state index contributed by atoms with van der Waals surface area (Å²) in [5, 5.41) is 2.76. The minimum absolute atomic E-state index is 0.319. The fourth-order valence-electron chi connectivity index (χ4n) is 1.48. The minimum Gasteiger partial charge on any atom is -0.444 e. The second-order valence-electron chi connectivity index (χ2n) is 5.34. The lowest BCUT2D eigenvalue weighted by Gasteiger charge is -2.19. The molecule has 0 saturated heterocycles. The lowest BCUT2D eigenvalue weighted by Crippen LogP contribution is -2.32. The van der Waals surface area contributed by atoms with Crippen LogP contribution in [-0.2, 0) is 4.74 Å². The van der Waals surface area contributed by atoms with Gasteiger partial charge in [0.05, 0.1) is 0 Å². The van der Waals surface area contributed by atoms with Crippen LogP contribution in [0.25, 0.3) is 0 Å². The third kappa shape index (κ3) is 13.2. The molecule has 0 atom stereocenters. The molecule has 0 aliphatic heterocycles. The summed E-state index contributed by atoms with van der Waals surface area (Å²) in [7, 11) is 0. The first-order chi connectivity index (χ1) is 7.95. The number of ether oxygens (including phenoxy) is 1. The Bertz CT molecular complexity index is 200. The van der Waals surface area contributed by atoms with Crippen molar-refractivity contribution in [2.45, 2.75) is 64.9 Å². The van der Waals surface area contributed by atoms with Gasteiger partial charge in [0.25, 0.3) is 0 Å². The monoisotopic (exact) mass is 244 g/mol. The van der Waals surface area contributed by atoms with E-state index in [1.165, 1.54) is 19.3 Å². The fraction of sp³-hybridized carbons (Fsp3) is 0.923. The predicted octanol–water partition coefficient (Wildman–Crippen LogP) is 2.81. The molecule has 0 fully saturated rings. The summed E-state index contributed by atoms with van der Waals surface area (Å²) in [5.41, 5.74) is 5.00. The summed E-state index contributed by atoms with van der Waals surface area (Å²) in [4.78, 5) is 11.3. The predicted molar refractivity (Wildman–Crippen MR) is 71.0 cm³/mol. The topological polar surface area (TPSA) is 64.3 Å². The summed E-state index contributed by atoms with van der Waals surface area (Å²) >= 11 is 0. The van der Waals surface area contributed by atoms with Gasteiger partial charge in [0.1, 0.15) is 5.60 Å². The Morgan fingerprint density at radius 3 is 2.12 bits per heavy atom. The molecule has 0 radical (unpaired) electrons. The number of alkyl carbamates (subject to hydrolysis) is 1. The Balaban J connectivity index is 3.25. The van der Waals surface area contributed by atoms with Crippen LogP contribution in [-0.4, -0.2) is 24.8 Å². The van der Waals surface area contributed by atoms with Crippen molar-refractivity contribution in [3.8, 4) is 0 Å². The van der Waals surface area contributed by atoms with E-state index in [4.69, 9.17) is 10.5 Å². The first kappa shape index (κ1) is 16.2. The largest absolute Gasteiger partial charge is 0.444 e. The zero-order chi connectivity index (χ0) is 13.1. The number of hydrogen-bond acceptors (Lipinski definition) is 3. The number of hydrogen-bond donors (Lipinski definition) is 2. The van der Waals surface area contributed by atoms with Crippen LogP contribution in [0.15, 0.2) is 0 Å². The SMILES string of the molecule is CC(C)(C)OC(=O)NCCCCCCCCN. The van der Waals surface area contributed by atoms with Crippen molar-refractivity contribution in [2.75, 3.05) is 13.1 Å². The number of carbonyl (C=O) groups is 1. The quantitative estimate of drug-likeness (QED) is 0.645. The lowest BCUT2D eigenvalue weighted by molar-refractivity contribution is 0.0527. The first-order valence-corrected chi connectivity index (χ1v) is 6.62. The van der Waals surface area contributed by atoms with Crippen LogP contribution in [0.5, 0.6) is 0 Å². The normalized spacial score (nSPS) is 11.3. The zero-order valence-corrected chi connectivity index (χ0v) is 11.6. The van der Waals surface area contributed by atoms with Crippen LogP contribution in [0.1, 0.15) is 59.3 Å². The van der Waals surface area contributed by atoms with E-state index in [1.807, 2.05) is 20.8 Å². The maximum Gasteiger partial charge on any atom is 0.407 e. The van der Waals surface area contributed by atoms with Crippen molar-refractivity contribution in [3.05, 3.63) is 0 Å². The molecule has 0 unspecified atom stereocenters. The minimum atomic E-state index is -0.410. The van der Waals surface area contributed by atoms with E-state index >= 15 is 0 Å². The molecule has 4 nitrogen and oxygen atoms in total. The maximum atomic E-state index is 11.3. The third-order valence-corrected chi connectivity index (χ3v) is 2.30. The molecule has 0 bridgehead atoms. The van der Waals surface area contributed by atoms with E-state index in [2.05, 4.69) is 5.32 Å². The maximum absolute atomic E-state index is 11.3. The summed E-state index contributed by atoms with van der Waals surface area (Å²) in [6.07, 6.45) is 6.65. The molecule has 17 heavy (non-hydrogen) atoms. The molecule has 1 amide bonds. The molecule has 3 N–H and O–H groups in total. The fourth-order valence-corrected chi connectivity index (χ4v) is 1.48. The van der Waals surface area contributed by atoms with Gasteiger partial charge in [-0.2, -0.15) is 0 Å². The molecule has 102 valence electrons. The Morgan fingerprint density at radius 1 is 1.06 bits per heavy atom. The number of unbranched alkanes of at least 4 members (excludes halogenated alkanes) is 5. The molecule has 0 saturated carbocycles. The molecule has 0 spiro atoms. The van der Waals surface area contributed by atoms with Gasteiger partial charge in [-0.25, -0.2) is 4.79 Å². The highest BCUT2D eigenvalue weighted by Gasteiger charge is 2.15. The van der Waals surface area contributed by atoms with Gasteiger partial charge in [-0.05, 0) is 40.2 Å². The average molecular weight is 244 g/mol. The highest BCUT2D eigenvalue weighted by molar-refractivity contribution is 5.67. The van der Waals surface area contributed by atoms with Crippen LogP contribution >= 0.6 is 0 Å². The second kappa shape index (κ2) is 9.28. The van der Waals surface area contributed by atoms with Crippen molar-refractivity contribution >= 4 is 6.09 Å². The van der Waals surface area contributed by atoms with Crippen molar-refractivity contribution in [2.24, 2.45) is 5.73 Å². The van der Waals surface area contributed by atoms with Gasteiger partial charge in [0.2, 0.25) is 0 Å². The number of nitrogens with one attached hydrogen (secondary N) is 1. The molecule has 0 rings (SSSR count). The molecular weight excluding hydrogens is 216 g/mol. The van der Waals surface area contributed by atoms with Crippen molar-refractivity contribution in [3.63, 3.8) is 0 Å². The van der Waals surface area contributed by atoms with E-state index < -0.39 is 5.60 Å². The molecular formula is C13H28N2O2. The van der Waals surface area contributed by atoms with E-state index in [9.17, 15) is 4.79 Å². The molecule has 0 aromatic rings. The summed E-state index contributed by atoms with van der Waals surface area (Å²) in [5.74, 6) is 0. The Morgan fingerprint density at radius 2 is 1.59 bits per heavy atom. The van der Waals surface area contributed by atoms with Crippen LogP contribution in [0.2, 0.25) is 0 Å². The van der Waals surface area contributed by atoms with Gasteiger partial charge in [-0.3, -0.25) is 0 Å². The molecule has 0 aliphatic rings. The van der Waals surface area contributed by atoms with Gasteiger partial charge < -0.3 is 15.8 Å². The van der Waals surface area contributed by atoms with Gasteiger partial charge in [0, 0.05) is 6.54 Å². The van der Waals surface area contributed by atoms with Gasteiger partial charge in [-0.15, -0.1) is 0 Å². The Kier molecular flexibility index (Phi) is 8.86. The molecule has 0 heterocycles. The smallest absolute Gasteiger partial charge is 0.407 e. The Hall–Kier alpha value is -0.770. The molecule has 0 aromatic heterocycles. The second-order valence-corrected chi connectivity index (χ2v) is 5.34. The third-order valence-electron chi connectivity index (χ3n) is 2.30. The summed E-state index contributed by atoms with van der Waals surface area (Å²) in [6, 6.07) is 0. The van der Waals surface area contributed by atoms with Gasteiger partial charge in [0.15, 0.2) is 0 Å². The lowest BCUT2D eigenvalue weighted by atomic mass is 10.1. The highest BCUT2D eigenvalue weighted by atomic mass is 16.6. The molecule has 0 aromatic carbocycles. The standard InChI is InChI=1S/C13H28N2O2/c1-13(2,3)17-12(16)15-11-9-7-5-4-6-8-10-14/h4-11,14H2,1-3H3,(H,15,16). The number of amides is 1. The molecule has 0 aliphatic carbocycles. The van der Waals surface area contributed by atoms with E-state index in [1.54, 1.807) is 0 Å². The van der Waals surface area contributed by atoms with Crippen LogP contribution in [0, 0.1) is 0 Å². The zero-order valence-electron chi connectivity index (χ0n) is 11.6. The van der Waals surface area contributed by atoms with Crippen molar-refractivity contribution < 1.29 is 9.53 Å². The van der Waals surface area contributed by atoms with Crippen LogP contribution in [0.3, 0.4) is 0 Å². The summed E-state index contributed by atoms with van der Waals surface area (Å²) in [6.45, 7) is 7.09. The highest BCUT2D eigenvalue weighted by Crippen LogP contribution is 2.07. The first-order valence-electron chi connectivity index (χ1n) is 6.62. The number of nitrogens with two attached hydrogens (primary N) is 1. The van der Waals surface area contributed by atoms with Gasteiger partial charge >= 0.3 is 6.09 Å². The van der Waals surface area contributed by atoms with Crippen molar-refractivity contribution in [1.82, 2.24) is 5.32 Å². The Labute approximate surface area is 105 Å². The number of carbonyl (C=O) groups excluding carboxylic acids is 1. The van der Waals surface area contributed by atoms with E-state index in [0.29, 0.717) is 6.54 Å². The number of rotatable bonds is 8. The van der Waals surface area contributed by atoms with Crippen LogP contribution < -0.4 is 11.1 Å². The van der Waals surface area contributed by atoms with E-state index in [0.717, 1.165) is 25.8 Å². The average Bonchev–Trinajstić information content (AvgIpc) is 2.19. The van der Waals surface area contributed by atoms with Crippen LogP contribution in [0.4, 0.5) is 4.79 Å². The summed E-state index contributed by atoms with van der Waals surface area (Å²) < 4.78 is 5.13. The molecule has 4 heteroatoms. The van der Waals surface area contributed by atoms with Gasteiger partial charge in [-0.1, -0.05) is 25.7 Å². The van der Waals surface area contributed by atoms with Crippen molar-refractivity contribution in [1.29, 1.82) is 0 Å².